The zero-order valence-corrected chi connectivity index (χ0v) is 21.6. The maximum Gasteiger partial charge on any atom is 0.393 e. The third-order valence-electron chi connectivity index (χ3n) is 7.05. The van der Waals surface area contributed by atoms with Crippen molar-refractivity contribution in [1.82, 2.24) is 25.2 Å². The molecule has 37 heavy (non-hydrogen) atoms. The van der Waals surface area contributed by atoms with Crippen LogP contribution in [0.1, 0.15) is 34.5 Å². The van der Waals surface area contributed by atoms with E-state index < -0.39 is 12.6 Å². The second-order valence-electron chi connectivity index (χ2n) is 10.3. The third kappa shape index (κ3) is 5.96. The van der Waals surface area contributed by atoms with Crippen molar-refractivity contribution in [3.63, 3.8) is 0 Å². The summed E-state index contributed by atoms with van der Waals surface area (Å²) in [5.74, 6) is 1.33. The van der Waals surface area contributed by atoms with E-state index in [0.29, 0.717) is 22.3 Å². The van der Waals surface area contributed by atoms with E-state index in [1.54, 1.807) is 18.3 Å². The number of nitrogens with one attached hydrogen (secondary N) is 2. The van der Waals surface area contributed by atoms with E-state index in [0.717, 1.165) is 61.9 Å². The quantitative estimate of drug-likeness (QED) is 0.454. The van der Waals surface area contributed by atoms with Crippen molar-refractivity contribution in [1.29, 1.82) is 0 Å². The summed E-state index contributed by atoms with van der Waals surface area (Å²) in [6, 6.07) is 5.49. The van der Waals surface area contributed by atoms with Crippen LogP contribution in [0.25, 0.3) is 10.2 Å². The molecule has 3 aromatic rings. The SMILES string of the molecule is CN(C)CCNC(=O)c1ccc(NC2CC3(CCN(c4ncnc5sc(CC(F)(F)F)cc45)C3)C2)nc1. The molecule has 3 aromatic heterocycles. The number of halogens is 3. The summed E-state index contributed by atoms with van der Waals surface area (Å²) in [4.78, 5) is 30.3. The van der Waals surface area contributed by atoms with Crippen LogP contribution in [-0.2, 0) is 6.42 Å². The van der Waals surface area contributed by atoms with Gasteiger partial charge in [-0.3, -0.25) is 4.79 Å². The first kappa shape index (κ1) is 25.7. The van der Waals surface area contributed by atoms with E-state index in [2.05, 4.69) is 30.5 Å². The number of pyridine rings is 1. The van der Waals surface area contributed by atoms with Crippen LogP contribution in [0.3, 0.4) is 0 Å². The van der Waals surface area contributed by atoms with E-state index >= 15 is 0 Å². The average molecular weight is 534 g/mol. The number of rotatable bonds is 8. The maximum absolute atomic E-state index is 12.9. The fourth-order valence-electron chi connectivity index (χ4n) is 5.28. The molecule has 1 aliphatic heterocycles. The van der Waals surface area contributed by atoms with Crippen LogP contribution >= 0.6 is 11.3 Å². The topological polar surface area (TPSA) is 86.3 Å². The van der Waals surface area contributed by atoms with Gasteiger partial charge in [0.25, 0.3) is 5.91 Å². The van der Waals surface area contributed by atoms with Gasteiger partial charge in [0.2, 0.25) is 0 Å². The van der Waals surface area contributed by atoms with Gasteiger partial charge in [-0.2, -0.15) is 13.2 Å². The molecule has 2 fully saturated rings. The molecule has 5 rings (SSSR count). The molecule has 4 heterocycles. The van der Waals surface area contributed by atoms with Crippen LogP contribution in [0.4, 0.5) is 24.8 Å². The summed E-state index contributed by atoms with van der Waals surface area (Å²) in [6.07, 6.45) is 0.821. The Bertz CT molecular complexity index is 1260. The Labute approximate surface area is 217 Å². The standard InChI is InChI=1S/C25H30F3N7OS/c1-34(2)8-6-29-22(36)16-3-4-20(30-13-16)33-17-10-24(11-17)5-7-35(14-24)21-19-9-18(12-25(26,27)28)37-23(19)32-15-31-21/h3-4,9,13,15,17H,5-8,10-12,14H2,1-2H3,(H,29,36)(H,30,33). The normalized spacial score (nSPS) is 21.6. The lowest BCUT2D eigenvalue weighted by Crippen LogP contribution is -2.47. The summed E-state index contributed by atoms with van der Waals surface area (Å²) in [5.41, 5.74) is 0.690. The second kappa shape index (κ2) is 10.1. The molecule has 0 aromatic carbocycles. The van der Waals surface area contributed by atoms with Crippen LogP contribution in [0.5, 0.6) is 0 Å². The van der Waals surface area contributed by atoms with Crippen molar-refractivity contribution in [2.75, 3.05) is 50.5 Å². The van der Waals surface area contributed by atoms with E-state index in [9.17, 15) is 18.0 Å². The molecule has 0 radical (unpaired) electrons. The number of aromatic nitrogens is 3. The minimum atomic E-state index is -4.24. The van der Waals surface area contributed by atoms with Crippen molar-refractivity contribution in [2.24, 2.45) is 5.41 Å². The van der Waals surface area contributed by atoms with Gasteiger partial charge in [0.1, 0.15) is 22.8 Å². The van der Waals surface area contributed by atoms with Gasteiger partial charge in [-0.25, -0.2) is 15.0 Å². The number of alkyl halides is 3. The number of hydrogen-bond acceptors (Lipinski definition) is 8. The molecule has 1 saturated heterocycles. The lowest BCUT2D eigenvalue weighted by atomic mass is 9.65. The van der Waals surface area contributed by atoms with Crippen molar-refractivity contribution in [3.8, 4) is 0 Å². The molecule has 1 saturated carbocycles. The predicted octanol–water partition coefficient (Wildman–Crippen LogP) is 3.95. The molecule has 2 N–H and O–H groups in total. The highest BCUT2D eigenvalue weighted by Crippen LogP contribution is 2.50. The lowest BCUT2D eigenvalue weighted by molar-refractivity contribution is -0.126. The summed E-state index contributed by atoms with van der Waals surface area (Å²) >= 11 is 1.08. The highest BCUT2D eigenvalue weighted by atomic mass is 32.1. The summed E-state index contributed by atoms with van der Waals surface area (Å²) in [5, 5.41) is 7.05. The second-order valence-corrected chi connectivity index (χ2v) is 11.4. The van der Waals surface area contributed by atoms with Crippen molar-refractivity contribution in [3.05, 3.63) is 41.2 Å². The lowest BCUT2D eigenvalue weighted by Gasteiger charge is -2.45. The highest BCUT2D eigenvalue weighted by molar-refractivity contribution is 7.18. The number of carbonyl (C=O) groups excluding carboxylic acids is 1. The number of hydrogen-bond donors (Lipinski definition) is 2. The molecule has 0 bridgehead atoms. The summed E-state index contributed by atoms with van der Waals surface area (Å²) in [7, 11) is 3.91. The Hall–Kier alpha value is -2.99. The van der Waals surface area contributed by atoms with Gasteiger partial charge in [0.05, 0.1) is 17.4 Å². The average Bonchev–Trinajstić information content (AvgIpc) is 3.42. The third-order valence-corrected chi connectivity index (χ3v) is 8.10. The number of amides is 1. The minimum Gasteiger partial charge on any atom is -0.367 e. The predicted molar refractivity (Wildman–Crippen MR) is 138 cm³/mol. The molecule has 12 heteroatoms. The Balaban J connectivity index is 1.15. The van der Waals surface area contributed by atoms with Crippen molar-refractivity contribution >= 4 is 39.1 Å². The fraction of sp³-hybridized carbons (Fsp3) is 0.520. The van der Waals surface area contributed by atoms with Crippen LogP contribution in [-0.4, -0.2) is 78.3 Å². The number of carbonyl (C=O) groups is 1. The molecule has 8 nitrogen and oxygen atoms in total. The van der Waals surface area contributed by atoms with Gasteiger partial charge in [0.15, 0.2) is 0 Å². The highest BCUT2D eigenvalue weighted by Gasteiger charge is 2.49. The summed E-state index contributed by atoms with van der Waals surface area (Å²) in [6.45, 7) is 2.99. The van der Waals surface area contributed by atoms with E-state index in [1.165, 1.54) is 6.33 Å². The molecule has 1 aliphatic carbocycles. The number of nitrogens with zero attached hydrogens (tertiary/aromatic N) is 5. The summed E-state index contributed by atoms with van der Waals surface area (Å²) < 4.78 is 38.6. The largest absolute Gasteiger partial charge is 0.393 e. The zero-order chi connectivity index (χ0) is 26.2. The van der Waals surface area contributed by atoms with Gasteiger partial charge in [-0.1, -0.05) is 0 Å². The monoisotopic (exact) mass is 533 g/mol. The number of anilines is 2. The Morgan fingerprint density at radius 3 is 2.76 bits per heavy atom. The van der Waals surface area contributed by atoms with Crippen LogP contribution in [0, 0.1) is 5.41 Å². The Morgan fingerprint density at radius 2 is 2.05 bits per heavy atom. The maximum atomic E-state index is 12.9. The van der Waals surface area contributed by atoms with Gasteiger partial charge in [-0.15, -0.1) is 11.3 Å². The Kier molecular flexibility index (Phi) is 6.97. The zero-order valence-electron chi connectivity index (χ0n) is 20.8. The van der Waals surface area contributed by atoms with E-state index in [1.807, 2.05) is 25.1 Å². The molecular formula is C25H30F3N7OS. The molecular weight excluding hydrogens is 503 g/mol. The molecule has 198 valence electrons. The van der Waals surface area contributed by atoms with Gasteiger partial charge >= 0.3 is 6.18 Å². The molecule has 1 amide bonds. The van der Waals surface area contributed by atoms with Crippen LogP contribution in [0.15, 0.2) is 30.7 Å². The fourth-order valence-corrected chi connectivity index (χ4v) is 6.31. The van der Waals surface area contributed by atoms with Crippen LogP contribution in [0.2, 0.25) is 0 Å². The Morgan fingerprint density at radius 1 is 1.24 bits per heavy atom. The molecule has 0 atom stereocenters. The molecule has 2 aliphatic rings. The first-order valence-electron chi connectivity index (χ1n) is 12.3. The minimum absolute atomic E-state index is 0.135. The molecule has 0 unspecified atom stereocenters. The smallest absolute Gasteiger partial charge is 0.367 e. The number of fused-ring (bicyclic) bond motifs is 1. The van der Waals surface area contributed by atoms with Gasteiger partial charge in [0, 0.05) is 43.3 Å². The van der Waals surface area contributed by atoms with Gasteiger partial charge in [-0.05, 0) is 57.0 Å². The first-order chi connectivity index (χ1) is 17.6. The number of thiophene rings is 1. The van der Waals surface area contributed by atoms with Crippen LogP contribution < -0.4 is 15.5 Å². The first-order valence-corrected chi connectivity index (χ1v) is 13.1. The van der Waals surface area contributed by atoms with Crippen molar-refractivity contribution < 1.29 is 18.0 Å². The van der Waals surface area contributed by atoms with E-state index in [-0.39, 0.29) is 22.2 Å². The molecule has 1 spiro atoms. The van der Waals surface area contributed by atoms with E-state index in [4.69, 9.17) is 0 Å². The van der Waals surface area contributed by atoms with Gasteiger partial charge < -0.3 is 20.4 Å². The number of likely N-dealkylation sites (N-methyl/N-ethyl adjacent to an activating group) is 1. The van der Waals surface area contributed by atoms with Crippen molar-refractivity contribution in [2.45, 2.75) is 37.9 Å².